The zero-order valence-corrected chi connectivity index (χ0v) is 19.3. The van der Waals surface area contributed by atoms with Gasteiger partial charge in [0.15, 0.2) is 11.2 Å². The van der Waals surface area contributed by atoms with E-state index in [4.69, 9.17) is 9.47 Å². The van der Waals surface area contributed by atoms with E-state index in [0.29, 0.717) is 5.56 Å². The topological polar surface area (TPSA) is 109 Å². The summed E-state index contributed by atoms with van der Waals surface area (Å²) in [7, 11) is 1.45. The number of carbonyl (C=O) groups is 1. The Labute approximate surface area is 198 Å². The van der Waals surface area contributed by atoms with E-state index in [1.807, 2.05) is 54.6 Å². The maximum atomic E-state index is 12.5. The van der Waals surface area contributed by atoms with Crippen LogP contribution in [0.2, 0.25) is 0 Å². The minimum Gasteiger partial charge on any atom is -0.495 e. The van der Waals surface area contributed by atoms with Crippen molar-refractivity contribution in [3.05, 3.63) is 88.2 Å². The zero-order valence-electron chi connectivity index (χ0n) is 17.7. The molecule has 0 radical (unpaired) electrons. The van der Waals surface area contributed by atoms with E-state index in [9.17, 15) is 20.1 Å². The Bertz CT molecular complexity index is 1200. The molecule has 2 aliphatic rings. The fourth-order valence-corrected chi connectivity index (χ4v) is 5.92. The molecule has 3 aromatic rings. The minimum absolute atomic E-state index is 0.260. The third-order valence-electron chi connectivity index (χ3n) is 6.86. The van der Waals surface area contributed by atoms with Crippen LogP contribution in [0.15, 0.2) is 71.5 Å². The van der Waals surface area contributed by atoms with Crippen LogP contribution in [-0.2, 0) is 16.0 Å². The number of aliphatic hydroxyl groups excluding tert-OH is 1. The third kappa shape index (κ3) is 2.94. The number of aliphatic hydroxyl groups is 2. The van der Waals surface area contributed by atoms with Crippen molar-refractivity contribution >= 4 is 21.9 Å². The molecule has 0 bridgehead atoms. The number of aliphatic carboxylic acids is 1. The minimum atomic E-state index is -1.99. The monoisotopic (exact) mass is 511 g/mol. The van der Waals surface area contributed by atoms with Crippen LogP contribution in [0.1, 0.15) is 29.0 Å². The van der Waals surface area contributed by atoms with Crippen molar-refractivity contribution in [1.29, 1.82) is 0 Å². The largest absolute Gasteiger partial charge is 0.495 e. The van der Waals surface area contributed by atoms with E-state index >= 15 is 0 Å². The summed E-state index contributed by atoms with van der Waals surface area (Å²) in [5.41, 5.74) is -1.89. The normalized spacial score (nSPS) is 29.8. The van der Waals surface area contributed by atoms with Crippen molar-refractivity contribution in [2.45, 2.75) is 29.6 Å². The van der Waals surface area contributed by atoms with Crippen molar-refractivity contribution < 1.29 is 29.6 Å². The van der Waals surface area contributed by atoms with E-state index in [-0.39, 0.29) is 23.5 Å². The Hall–Kier alpha value is -2.94. The number of halogens is 1. The van der Waals surface area contributed by atoms with Gasteiger partial charge in [-0.2, -0.15) is 0 Å². The summed E-state index contributed by atoms with van der Waals surface area (Å²) in [4.78, 5) is 16.1. The molecule has 170 valence electrons. The molecule has 8 heteroatoms. The number of hydrogen-bond donors (Lipinski definition) is 3. The first-order chi connectivity index (χ1) is 15.8. The van der Waals surface area contributed by atoms with Gasteiger partial charge in [-0.3, -0.25) is 9.78 Å². The molecule has 5 atom stereocenters. The molecule has 7 nitrogen and oxygen atoms in total. The van der Waals surface area contributed by atoms with Crippen molar-refractivity contribution in [1.82, 2.24) is 4.98 Å². The number of pyridine rings is 1. The molecule has 1 saturated carbocycles. The van der Waals surface area contributed by atoms with Crippen LogP contribution in [0.5, 0.6) is 11.5 Å². The van der Waals surface area contributed by atoms with Gasteiger partial charge >= 0.3 is 5.97 Å². The summed E-state index contributed by atoms with van der Waals surface area (Å²) in [6.07, 6.45) is 1.12. The number of aromatic nitrogens is 1. The first kappa shape index (κ1) is 21.9. The first-order valence-electron chi connectivity index (χ1n) is 10.5. The number of ether oxygens (including phenoxy) is 2. The smallest absolute Gasteiger partial charge is 0.303 e. The standard InChI is InChI=1S/C25H22BrNO6/c1-32-18-12-27-13-19-22(18)24(31)23(30)17(11-20(28)29)21(14-5-3-2-4-6-14)25(24,33-19)15-7-9-16(26)10-8-15/h2-10,12-13,17,21,23,30-31H,11H2,1H3,(H,28,29)/t17-,21-,23-,24+,25+/m1/s1. The van der Waals surface area contributed by atoms with Crippen molar-refractivity contribution in [2.75, 3.05) is 7.11 Å². The number of carboxylic acids is 1. The molecular weight excluding hydrogens is 490 g/mol. The van der Waals surface area contributed by atoms with Crippen LogP contribution in [0.3, 0.4) is 0 Å². The lowest BCUT2D eigenvalue weighted by atomic mass is 9.70. The molecule has 0 unspecified atom stereocenters. The van der Waals surface area contributed by atoms with Gasteiger partial charge in [0.25, 0.3) is 0 Å². The van der Waals surface area contributed by atoms with Crippen LogP contribution < -0.4 is 9.47 Å². The van der Waals surface area contributed by atoms with Gasteiger partial charge in [0, 0.05) is 16.3 Å². The lowest BCUT2D eigenvalue weighted by molar-refractivity contribution is -0.154. The molecule has 0 amide bonds. The molecule has 33 heavy (non-hydrogen) atoms. The summed E-state index contributed by atoms with van der Waals surface area (Å²) in [5, 5.41) is 33.8. The lowest BCUT2D eigenvalue weighted by Gasteiger charge is -2.41. The van der Waals surface area contributed by atoms with Gasteiger partial charge in [-0.25, -0.2) is 0 Å². The SMILES string of the molecule is COc1cncc2c1[C@]1(O)[C@H](O)[C@H](CC(=O)O)[C@@H](c3ccccc3)[C@]1(c1ccc(Br)cc1)O2. The van der Waals surface area contributed by atoms with E-state index in [1.165, 1.54) is 19.5 Å². The van der Waals surface area contributed by atoms with Gasteiger partial charge in [0.05, 0.1) is 37.6 Å². The molecule has 0 saturated heterocycles. The number of rotatable bonds is 5. The Balaban J connectivity index is 1.86. The first-order valence-corrected chi connectivity index (χ1v) is 11.3. The second kappa shape index (κ2) is 7.83. The average Bonchev–Trinajstić information content (AvgIpc) is 3.18. The molecule has 2 aromatic carbocycles. The highest BCUT2D eigenvalue weighted by molar-refractivity contribution is 9.10. The number of benzene rings is 2. The molecule has 1 aliphatic heterocycles. The third-order valence-corrected chi connectivity index (χ3v) is 7.39. The predicted molar refractivity (Wildman–Crippen MR) is 122 cm³/mol. The summed E-state index contributed by atoms with van der Waals surface area (Å²) in [5.74, 6) is -2.06. The molecule has 5 rings (SSSR count). The van der Waals surface area contributed by atoms with Gasteiger partial charge in [-0.1, -0.05) is 58.4 Å². The van der Waals surface area contributed by atoms with Crippen molar-refractivity contribution in [2.24, 2.45) is 5.92 Å². The highest BCUT2D eigenvalue weighted by atomic mass is 79.9. The summed E-state index contributed by atoms with van der Waals surface area (Å²) in [6.45, 7) is 0. The predicted octanol–water partition coefficient (Wildman–Crippen LogP) is 3.58. The van der Waals surface area contributed by atoms with Gasteiger partial charge in [-0.15, -0.1) is 0 Å². The van der Waals surface area contributed by atoms with E-state index < -0.39 is 35.1 Å². The number of carboxylic acid groups (broad SMARTS) is 1. The summed E-state index contributed by atoms with van der Waals surface area (Å²) >= 11 is 3.44. The average molecular weight is 512 g/mol. The Morgan fingerprint density at radius 2 is 1.85 bits per heavy atom. The van der Waals surface area contributed by atoms with Gasteiger partial charge < -0.3 is 24.8 Å². The quantitative estimate of drug-likeness (QED) is 0.480. The van der Waals surface area contributed by atoms with Crippen molar-refractivity contribution in [3.63, 3.8) is 0 Å². The zero-order chi connectivity index (χ0) is 23.4. The van der Waals surface area contributed by atoms with E-state index in [1.54, 1.807) is 0 Å². The maximum Gasteiger partial charge on any atom is 0.303 e. The van der Waals surface area contributed by atoms with Crippen LogP contribution in [-0.4, -0.2) is 39.5 Å². The highest BCUT2D eigenvalue weighted by Crippen LogP contribution is 2.70. The van der Waals surface area contributed by atoms with Gasteiger partial charge in [0.2, 0.25) is 0 Å². The molecule has 3 N–H and O–H groups in total. The Kier molecular flexibility index (Phi) is 5.19. The molecule has 1 aliphatic carbocycles. The molecule has 2 heterocycles. The fraction of sp³-hybridized carbons (Fsp3) is 0.280. The van der Waals surface area contributed by atoms with Crippen LogP contribution in [0.4, 0.5) is 0 Å². The fourth-order valence-electron chi connectivity index (χ4n) is 5.66. The molecular formula is C25H22BrNO6. The number of hydrogen-bond acceptors (Lipinski definition) is 6. The van der Waals surface area contributed by atoms with Gasteiger partial charge in [0.1, 0.15) is 11.5 Å². The van der Waals surface area contributed by atoms with Crippen LogP contribution >= 0.6 is 15.9 Å². The van der Waals surface area contributed by atoms with Crippen molar-refractivity contribution in [3.8, 4) is 11.5 Å². The molecule has 1 aromatic heterocycles. The number of methoxy groups -OCH3 is 1. The second-order valence-electron chi connectivity index (χ2n) is 8.42. The number of nitrogens with zero attached hydrogens (tertiary/aromatic N) is 1. The second-order valence-corrected chi connectivity index (χ2v) is 9.34. The number of fused-ring (bicyclic) bond motifs is 3. The van der Waals surface area contributed by atoms with Crippen LogP contribution in [0, 0.1) is 5.92 Å². The molecule has 0 spiro atoms. The Morgan fingerprint density at radius 1 is 1.15 bits per heavy atom. The lowest BCUT2D eigenvalue weighted by Crippen LogP contribution is -2.52. The van der Waals surface area contributed by atoms with Gasteiger partial charge in [-0.05, 0) is 23.3 Å². The maximum absolute atomic E-state index is 12.5. The molecule has 1 fully saturated rings. The summed E-state index contributed by atoms with van der Waals surface area (Å²) < 4.78 is 12.9. The van der Waals surface area contributed by atoms with E-state index in [2.05, 4.69) is 20.9 Å². The van der Waals surface area contributed by atoms with Crippen LogP contribution in [0.25, 0.3) is 0 Å². The summed E-state index contributed by atoms with van der Waals surface area (Å²) in [6, 6.07) is 16.5. The van der Waals surface area contributed by atoms with E-state index in [0.717, 1.165) is 10.0 Å². The Morgan fingerprint density at radius 3 is 2.48 bits per heavy atom. The highest BCUT2D eigenvalue weighted by Gasteiger charge is 2.76.